The van der Waals surface area contributed by atoms with Crippen molar-refractivity contribution in [1.82, 2.24) is 15.1 Å². The molecule has 1 aliphatic heterocycles. The monoisotopic (exact) mass is 415 g/mol. The molecule has 166 valence electrons. The molecule has 1 aromatic carbocycles. The summed E-state index contributed by atoms with van der Waals surface area (Å²) in [5, 5.41) is 6.17. The van der Waals surface area contributed by atoms with Crippen LogP contribution in [0.25, 0.3) is 0 Å². The van der Waals surface area contributed by atoms with E-state index < -0.39 is 11.6 Å². The number of amides is 3. The molecule has 7 heteroatoms. The van der Waals surface area contributed by atoms with Gasteiger partial charge in [0.2, 0.25) is 5.91 Å². The maximum Gasteiger partial charge on any atom is 0.312 e. The number of para-hydroxylation sites is 1. The Hall–Kier alpha value is -2.12. The highest BCUT2D eigenvalue weighted by atomic mass is 16.2. The summed E-state index contributed by atoms with van der Waals surface area (Å²) in [6.07, 6.45) is 5.84. The first kappa shape index (κ1) is 22.6. The Morgan fingerprint density at radius 2 is 1.70 bits per heavy atom. The van der Waals surface area contributed by atoms with E-state index in [0.29, 0.717) is 6.04 Å². The van der Waals surface area contributed by atoms with Crippen LogP contribution < -0.4 is 16.4 Å². The van der Waals surface area contributed by atoms with Crippen LogP contribution in [0.1, 0.15) is 49.7 Å². The quantitative estimate of drug-likeness (QED) is 0.689. The van der Waals surface area contributed by atoms with Gasteiger partial charge in [0.05, 0.1) is 0 Å². The summed E-state index contributed by atoms with van der Waals surface area (Å²) in [5.74, 6) is 0.0694. The molecule has 7 nitrogen and oxygen atoms in total. The molecule has 2 atom stereocenters. The molecule has 1 saturated carbocycles. The fraction of sp³-hybridized carbons (Fsp3) is 0.652. The summed E-state index contributed by atoms with van der Waals surface area (Å²) in [4.78, 5) is 29.5. The summed E-state index contributed by atoms with van der Waals surface area (Å²) in [6.45, 7) is 5.73. The number of piperidine rings is 1. The van der Waals surface area contributed by atoms with Crippen molar-refractivity contribution in [2.75, 3.05) is 32.5 Å². The molecule has 0 aromatic heterocycles. The molecule has 1 saturated heterocycles. The lowest BCUT2D eigenvalue weighted by Crippen LogP contribution is -2.63. The van der Waals surface area contributed by atoms with Crippen LogP contribution in [0.2, 0.25) is 0 Å². The van der Waals surface area contributed by atoms with Gasteiger partial charge in [-0.2, -0.15) is 0 Å². The average molecular weight is 416 g/mol. The fourth-order valence-electron chi connectivity index (χ4n) is 5.24. The Bertz CT molecular complexity index is 751. The van der Waals surface area contributed by atoms with E-state index in [2.05, 4.69) is 20.4 Å². The molecule has 3 rings (SSSR count). The van der Waals surface area contributed by atoms with Gasteiger partial charge in [-0.05, 0) is 64.8 Å². The summed E-state index contributed by atoms with van der Waals surface area (Å²) in [7, 11) is 4.00. The molecule has 0 radical (unpaired) electrons. The second kappa shape index (κ2) is 9.35. The zero-order chi connectivity index (χ0) is 21.9. The van der Waals surface area contributed by atoms with Crippen LogP contribution in [-0.4, -0.2) is 66.5 Å². The topological polar surface area (TPSA) is 90.7 Å². The number of primary amides is 1. The van der Waals surface area contributed by atoms with Gasteiger partial charge in [0.25, 0.3) is 0 Å². The number of urea groups is 1. The standard InChI is InChI=1S/C23H37N5O2/c1-16-8-7-9-17(2)20(16)26-21(29)23(27(3)4)12-14-28(15-13-23)19-11-6-5-10-18(19)25-22(24)30/h7-9,18-19H,5-6,10-15H2,1-4H3,(H,26,29)(H3,24,25,30)/t18-,19-/m1/s1. The largest absolute Gasteiger partial charge is 0.352 e. The zero-order valence-corrected chi connectivity index (χ0v) is 18.8. The van der Waals surface area contributed by atoms with Crippen molar-refractivity contribution >= 4 is 17.6 Å². The normalized spacial score (nSPS) is 24.4. The first-order valence-electron chi connectivity index (χ1n) is 11.1. The number of nitrogens with one attached hydrogen (secondary N) is 2. The molecule has 1 heterocycles. The van der Waals surface area contributed by atoms with Gasteiger partial charge in [-0.25, -0.2) is 4.79 Å². The Labute approximate surface area is 180 Å². The summed E-state index contributed by atoms with van der Waals surface area (Å²) >= 11 is 0. The van der Waals surface area contributed by atoms with Gasteiger partial charge in [-0.1, -0.05) is 31.0 Å². The predicted molar refractivity (Wildman–Crippen MR) is 121 cm³/mol. The lowest BCUT2D eigenvalue weighted by atomic mass is 9.82. The van der Waals surface area contributed by atoms with Crippen molar-refractivity contribution in [2.24, 2.45) is 5.73 Å². The summed E-state index contributed by atoms with van der Waals surface area (Å²) in [5.41, 5.74) is 7.95. The van der Waals surface area contributed by atoms with Crippen LogP contribution in [0.4, 0.5) is 10.5 Å². The van der Waals surface area contributed by atoms with E-state index in [1.54, 1.807) is 0 Å². The van der Waals surface area contributed by atoms with Gasteiger partial charge in [0.1, 0.15) is 5.54 Å². The number of aryl methyl sites for hydroxylation is 2. The third kappa shape index (κ3) is 4.62. The highest BCUT2D eigenvalue weighted by molar-refractivity contribution is 5.99. The van der Waals surface area contributed by atoms with Crippen LogP contribution >= 0.6 is 0 Å². The zero-order valence-electron chi connectivity index (χ0n) is 18.8. The van der Waals surface area contributed by atoms with E-state index in [1.807, 2.05) is 46.1 Å². The number of hydrogen-bond acceptors (Lipinski definition) is 4. The Morgan fingerprint density at radius 1 is 1.10 bits per heavy atom. The molecule has 0 bridgehead atoms. The van der Waals surface area contributed by atoms with Crippen molar-refractivity contribution in [3.63, 3.8) is 0 Å². The van der Waals surface area contributed by atoms with E-state index in [-0.39, 0.29) is 11.9 Å². The van der Waals surface area contributed by atoms with Gasteiger partial charge in [-0.3, -0.25) is 14.6 Å². The first-order chi connectivity index (χ1) is 14.2. The van der Waals surface area contributed by atoms with E-state index in [4.69, 9.17) is 5.73 Å². The van der Waals surface area contributed by atoms with Crippen molar-refractivity contribution in [3.05, 3.63) is 29.3 Å². The van der Waals surface area contributed by atoms with E-state index in [0.717, 1.165) is 62.0 Å². The number of nitrogens with two attached hydrogens (primary N) is 1. The molecular formula is C23H37N5O2. The third-order valence-corrected chi connectivity index (χ3v) is 7.15. The van der Waals surface area contributed by atoms with Crippen LogP contribution in [0, 0.1) is 13.8 Å². The van der Waals surface area contributed by atoms with Crippen molar-refractivity contribution < 1.29 is 9.59 Å². The average Bonchev–Trinajstić information content (AvgIpc) is 2.70. The maximum atomic E-state index is 13.5. The van der Waals surface area contributed by atoms with Gasteiger partial charge >= 0.3 is 6.03 Å². The fourth-order valence-corrected chi connectivity index (χ4v) is 5.24. The molecular weight excluding hydrogens is 378 g/mol. The second-order valence-electron chi connectivity index (χ2n) is 9.15. The number of hydrogen-bond donors (Lipinski definition) is 3. The van der Waals surface area contributed by atoms with Crippen LogP contribution in [0.5, 0.6) is 0 Å². The number of carbonyl (C=O) groups is 2. The number of carbonyl (C=O) groups excluding carboxylic acids is 2. The molecule has 2 fully saturated rings. The van der Waals surface area contributed by atoms with Gasteiger partial charge in [0.15, 0.2) is 0 Å². The lowest BCUT2D eigenvalue weighted by Gasteiger charge is -2.49. The number of rotatable bonds is 5. The minimum atomic E-state index is -0.535. The number of nitrogens with zero attached hydrogens (tertiary/aromatic N) is 2. The highest BCUT2D eigenvalue weighted by Gasteiger charge is 2.45. The molecule has 4 N–H and O–H groups in total. The van der Waals surface area contributed by atoms with Crippen LogP contribution in [0.3, 0.4) is 0 Å². The summed E-state index contributed by atoms with van der Waals surface area (Å²) < 4.78 is 0. The molecule has 3 amide bonds. The number of likely N-dealkylation sites (N-methyl/N-ethyl adjacent to an activating group) is 1. The van der Waals surface area contributed by atoms with E-state index >= 15 is 0 Å². The third-order valence-electron chi connectivity index (χ3n) is 7.15. The van der Waals surface area contributed by atoms with Crippen LogP contribution in [-0.2, 0) is 4.79 Å². The van der Waals surface area contributed by atoms with Crippen molar-refractivity contribution in [2.45, 2.75) is 70.0 Å². The Morgan fingerprint density at radius 3 is 2.27 bits per heavy atom. The van der Waals surface area contributed by atoms with Gasteiger partial charge < -0.3 is 16.4 Å². The first-order valence-corrected chi connectivity index (χ1v) is 11.1. The van der Waals surface area contributed by atoms with Gasteiger partial charge in [0, 0.05) is 30.9 Å². The van der Waals surface area contributed by atoms with Gasteiger partial charge in [-0.15, -0.1) is 0 Å². The molecule has 1 aromatic rings. The molecule has 2 aliphatic rings. The molecule has 1 aliphatic carbocycles. The second-order valence-corrected chi connectivity index (χ2v) is 9.15. The minimum absolute atomic E-state index is 0.0694. The van der Waals surface area contributed by atoms with E-state index in [9.17, 15) is 9.59 Å². The van der Waals surface area contributed by atoms with E-state index in [1.165, 1.54) is 6.42 Å². The van der Waals surface area contributed by atoms with Crippen LogP contribution in [0.15, 0.2) is 18.2 Å². The van der Waals surface area contributed by atoms with Crippen molar-refractivity contribution in [3.8, 4) is 0 Å². The Kier molecular flexibility index (Phi) is 7.03. The number of anilines is 1. The molecule has 30 heavy (non-hydrogen) atoms. The maximum absolute atomic E-state index is 13.5. The smallest absolute Gasteiger partial charge is 0.312 e. The highest BCUT2D eigenvalue weighted by Crippen LogP contribution is 2.33. The Balaban J connectivity index is 1.72. The number of likely N-dealkylation sites (tertiary alicyclic amines) is 1. The predicted octanol–water partition coefficient (Wildman–Crippen LogP) is 2.62. The van der Waals surface area contributed by atoms with Crippen molar-refractivity contribution in [1.29, 1.82) is 0 Å². The number of benzene rings is 1. The SMILES string of the molecule is Cc1cccc(C)c1NC(=O)C1(N(C)C)CCN([C@@H]2CCCC[C@H]2NC(N)=O)CC1. The summed E-state index contributed by atoms with van der Waals surface area (Å²) in [6, 6.07) is 6.03. The minimum Gasteiger partial charge on any atom is -0.352 e. The molecule has 0 spiro atoms. The lowest BCUT2D eigenvalue weighted by molar-refractivity contribution is -0.130. The molecule has 0 unspecified atom stereocenters.